The molecule has 14 heavy (non-hydrogen) atoms. The zero-order valence-electron chi connectivity index (χ0n) is 7.27. The Bertz CT molecular complexity index is 389. The Labute approximate surface area is 79.7 Å². The molecule has 1 rings (SSSR count). The van der Waals surface area contributed by atoms with Gasteiger partial charge in [0.25, 0.3) is 11.6 Å². The number of nitrogens with two attached hydrogens (primary N) is 2. The Morgan fingerprint density at radius 1 is 1.50 bits per heavy atom. The van der Waals surface area contributed by atoms with Crippen LogP contribution in [0.1, 0.15) is 15.9 Å². The van der Waals surface area contributed by atoms with Crippen molar-refractivity contribution in [1.82, 2.24) is 0 Å². The maximum Gasteiger partial charge on any atom is 0.286 e. The van der Waals surface area contributed by atoms with Crippen molar-refractivity contribution in [3.05, 3.63) is 39.4 Å². The molecule has 0 aromatic heterocycles. The van der Waals surface area contributed by atoms with Gasteiger partial charge in [-0.1, -0.05) is 12.1 Å². The fraction of sp³-hybridized carbons (Fsp3) is 0.125. The molecule has 0 heterocycles. The standard InChI is InChI=1S/C8H9N3O3/c9-4-5-2-1-3-6(8(10)12)7(5)11(13)14/h1-3H,4,9H2,(H2,10,12). The normalized spacial score (nSPS) is 9.79. The predicted molar refractivity (Wildman–Crippen MR) is 49.5 cm³/mol. The van der Waals surface area contributed by atoms with Gasteiger partial charge in [0, 0.05) is 12.1 Å². The lowest BCUT2D eigenvalue weighted by Crippen LogP contribution is -2.15. The number of hydrogen-bond donors (Lipinski definition) is 2. The van der Waals surface area contributed by atoms with Crippen molar-refractivity contribution in [2.24, 2.45) is 11.5 Å². The molecule has 0 aliphatic carbocycles. The number of primary amides is 1. The van der Waals surface area contributed by atoms with E-state index in [9.17, 15) is 14.9 Å². The van der Waals surface area contributed by atoms with Crippen LogP contribution in [-0.4, -0.2) is 10.8 Å². The maximum atomic E-state index is 10.9. The first-order chi connectivity index (χ1) is 6.57. The molecule has 74 valence electrons. The summed E-state index contributed by atoms with van der Waals surface area (Å²) in [5.74, 6) is -0.827. The molecule has 4 N–H and O–H groups in total. The average molecular weight is 195 g/mol. The third-order valence-electron chi connectivity index (χ3n) is 1.79. The second-order valence-corrected chi connectivity index (χ2v) is 2.64. The summed E-state index contributed by atoms with van der Waals surface area (Å²) >= 11 is 0. The Morgan fingerprint density at radius 3 is 2.57 bits per heavy atom. The summed E-state index contributed by atoms with van der Waals surface area (Å²) in [6.45, 7) is -0.00255. The molecular weight excluding hydrogens is 186 g/mol. The molecule has 1 aromatic rings. The van der Waals surface area contributed by atoms with Crippen molar-refractivity contribution in [3.8, 4) is 0 Å². The number of benzene rings is 1. The second-order valence-electron chi connectivity index (χ2n) is 2.64. The van der Waals surface area contributed by atoms with E-state index in [1.807, 2.05) is 0 Å². The van der Waals surface area contributed by atoms with Crippen LogP contribution >= 0.6 is 0 Å². The first-order valence-electron chi connectivity index (χ1n) is 3.84. The summed E-state index contributed by atoms with van der Waals surface area (Å²) in [5.41, 5.74) is 10.2. The summed E-state index contributed by atoms with van der Waals surface area (Å²) < 4.78 is 0. The summed E-state index contributed by atoms with van der Waals surface area (Å²) in [7, 11) is 0. The van der Waals surface area contributed by atoms with Crippen molar-refractivity contribution in [3.63, 3.8) is 0 Å². The molecule has 1 amide bonds. The molecule has 0 saturated carbocycles. The van der Waals surface area contributed by atoms with Crippen LogP contribution in [0.15, 0.2) is 18.2 Å². The highest BCUT2D eigenvalue weighted by Crippen LogP contribution is 2.22. The van der Waals surface area contributed by atoms with Crippen LogP contribution in [0.5, 0.6) is 0 Å². The molecule has 6 nitrogen and oxygen atoms in total. The van der Waals surface area contributed by atoms with Gasteiger partial charge >= 0.3 is 0 Å². The summed E-state index contributed by atoms with van der Waals surface area (Å²) in [5, 5.41) is 10.6. The number of rotatable bonds is 3. The molecule has 0 aliphatic heterocycles. The van der Waals surface area contributed by atoms with Crippen LogP contribution in [0, 0.1) is 10.1 Å². The molecule has 0 atom stereocenters. The van der Waals surface area contributed by atoms with Gasteiger partial charge in [0.1, 0.15) is 5.56 Å². The third-order valence-corrected chi connectivity index (χ3v) is 1.79. The lowest BCUT2D eigenvalue weighted by Gasteiger charge is -2.02. The van der Waals surface area contributed by atoms with Crippen LogP contribution in [0.4, 0.5) is 5.69 Å². The average Bonchev–Trinajstić information content (AvgIpc) is 2.16. The number of nitro benzene ring substituents is 1. The van der Waals surface area contributed by atoms with Gasteiger partial charge < -0.3 is 11.5 Å². The van der Waals surface area contributed by atoms with Crippen molar-refractivity contribution in [2.75, 3.05) is 0 Å². The molecular formula is C8H9N3O3. The smallest absolute Gasteiger partial charge is 0.286 e. The molecule has 0 saturated heterocycles. The van der Waals surface area contributed by atoms with E-state index in [0.717, 1.165) is 0 Å². The van der Waals surface area contributed by atoms with Gasteiger partial charge in [-0.15, -0.1) is 0 Å². The fourth-order valence-corrected chi connectivity index (χ4v) is 1.17. The molecule has 6 heteroatoms. The molecule has 0 unspecified atom stereocenters. The Balaban J connectivity index is 3.43. The largest absolute Gasteiger partial charge is 0.365 e. The van der Waals surface area contributed by atoms with Crippen molar-refractivity contribution < 1.29 is 9.72 Å². The second kappa shape index (κ2) is 3.84. The minimum absolute atomic E-state index is 0.00255. The van der Waals surface area contributed by atoms with Gasteiger partial charge in [-0.25, -0.2) is 0 Å². The van der Waals surface area contributed by atoms with Crippen molar-refractivity contribution in [1.29, 1.82) is 0 Å². The predicted octanol–water partition coefficient (Wildman–Crippen LogP) is 0.152. The Kier molecular flexibility index (Phi) is 2.78. The van der Waals surface area contributed by atoms with Crippen LogP contribution in [0.3, 0.4) is 0 Å². The number of hydrogen-bond acceptors (Lipinski definition) is 4. The van der Waals surface area contributed by atoms with Gasteiger partial charge in [-0.2, -0.15) is 0 Å². The van der Waals surface area contributed by atoms with Gasteiger partial charge in [-0.05, 0) is 6.07 Å². The van der Waals surface area contributed by atoms with Crippen LogP contribution in [0.2, 0.25) is 0 Å². The first-order valence-corrected chi connectivity index (χ1v) is 3.84. The SMILES string of the molecule is NCc1cccc(C(N)=O)c1[N+](=O)[O-]. The molecule has 0 radical (unpaired) electrons. The van der Waals surface area contributed by atoms with Crippen LogP contribution in [-0.2, 0) is 6.54 Å². The number of carbonyl (C=O) groups is 1. The van der Waals surface area contributed by atoms with E-state index in [1.165, 1.54) is 18.2 Å². The van der Waals surface area contributed by atoms with Gasteiger partial charge in [-0.3, -0.25) is 14.9 Å². The van der Waals surface area contributed by atoms with E-state index >= 15 is 0 Å². The number of nitrogens with zero attached hydrogens (tertiary/aromatic N) is 1. The first kappa shape index (κ1) is 10.1. The molecule has 0 aliphatic rings. The quantitative estimate of drug-likeness (QED) is 0.528. The zero-order chi connectivity index (χ0) is 10.7. The van der Waals surface area contributed by atoms with E-state index in [4.69, 9.17) is 11.5 Å². The van der Waals surface area contributed by atoms with Gasteiger partial charge in [0.05, 0.1) is 4.92 Å². The van der Waals surface area contributed by atoms with E-state index in [0.29, 0.717) is 5.56 Å². The molecule has 0 fully saturated rings. The van der Waals surface area contributed by atoms with Crippen molar-refractivity contribution in [2.45, 2.75) is 6.54 Å². The minimum atomic E-state index is -0.827. The number of amides is 1. The van der Waals surface area contributed by atoms with E-state index in [-0.39, 0.29) is 17.8 Å². The van der Waals surface area contributed by atoms with Crippen LogP contribution < -0.4 is 11.5 Å². The monoisotopic (exact) mass is 195 g/mol. The lowest BCUT2D eigenvalue weighted by atomic mass is 10.1. The topological polar surface area (TPSA) is 112 Å². The Hall–Kier alpha value is -1.95. The highest BCUT2D eigenvalue weighted by molar-refractivity contribution is 5.97. The summed E-state index contributed by atoms with van der Waals surface area (Å²) in [6.07, 6.45) is 0. The van der Waals surface area contributed by atoms with Gasteiger partial charge in [0.15, 0.2) is 0 Å². The molecule has 1 aromatic carbocycles. The highest BCUT2D eigenvalue weighted by atomic mass is 16.6. The van der Waals surface area contributed by atoms with Crippen LogP contribution in [0.25, 0.3) is 0 Å². The van der Waals surface area contributed by atoms with E-state index < -0.39 is 10.8 Å². The van der Waals surface area contributed by atoms with Gasteiger partial charge in [0.2, 0.25) is 0 Å². The summed E-state index contributed by atoms with van der Waals surface area (Å²) in [6, 6.07) is 4.31. The zero-order valence-corrected chi connectivity index (χ0v) is 7.27. The van der Waals surface area contributed by atoms with E-state index in [1.54, 1.807) is 0 Å². The number of carbonyl (C=O) groups excluding carboxylic acids is 1. The van der Waals surface area contributed by atoms with Crippen molar-refractivity contribution >= 4 is 11.6 Å². The minimum Gasteiger partial charge on any atom is -0.365 e. The fourth-order valence-electron chi connectivity index (χ4n) is 1.17. The maximum absolute atomic E-state index is 10.9. The molecule has 0 bridgehead atoms. The number of nitro groups is 1. The van der Waals surface area contributed by atoms with E-state index in [2.05, 4.69) is 0 Å². The summed E-state index contributed by atoms with van der Waals surface area (Å²) in [4.78, 5) is 20.9. The number of para-hydroxylation sites is 1. The Morgan fingerprint density at radius 2 is 2.14 bits per heavy atom. The lowest BCUT2D eigenvalue weighted by molar-refractivity contribution is -0.385. The third kappa shape index (κ3) is 1.69. The highest BCUT2D eigenvalue weighted by Gasteiger charge is 2.21. The molecule has 0 spiro atoms.